The van der Waals surface area contributed by atoms with Crippen molar-refractivity contribution in [3.8, 4) is 23.6 Å². The first kappa shape index (κ1) is 18.2. The number of nitrogens with zero attached hydrogens (tertiary/aromatic N) is 3. The first-order valence-corrected chi connectivity index (χ1v) is 8.23. The van der Waals surface area contributed by atoms with Crippen LogP contribution in [0.1, 0.15) is 11.1 Å². The number of amides is 1. The number of rotatable bonds is 4. The van der Waals surface area contributed by atoms with Crippen molar-refractivity contribution in [1.29, 1.82) is 10.5 Å². The number of hydrogen-bond acceptors (Lipinski definition) is 8. The number of pyridine rings is 1. The van der Waals surface area contributed by atoms with Crippen molar-refractivity contribution in [3.63, 3.8) is 0 Å². The van der Waals surface area contributed by atoms with E-state index in [1.54, 1.807) is 0 Å². The van der Waals surface area contributed by atoms with E-state index in [0.29, 0.717) is 0 Å². The number of carbonyl (C=O) groups is 1. The van der Waals surface area contributed by atoms with Crippen LogP contribution >= 0.6 is 11.8 Å². The number of hydrogen-bond donors (Lipinski definition) is 2. The van der Waals surface area contributed by atoms with E-state index < -0.39 is 12.2 Å². The molecule has 136 valence electrons. The predicted octanol–water partition coefficient (Wildman–Crippen LogP) is 2.46. The normalized spacial score (nSPS) is 13.5. The summed E-state index contributed by atoms with van der Waals surface area (Å²) >= 11 is 0.947. The number of fused-ring (bicyclic) bond motifs is 1. The first-order chi connectivity index (χ1) is 12.8. The van der Waals surface area contributed by atoms with Crippen molar-refractivity contribution in [1.82, 2.24) is 4.98 Å². The molecule has 2 aromatic rings. The van der Waals surface area contributed by atoms with Gasteiger partial charge in [0.2, 0.25) is 5.91 Å². The van der Waals surface area contributed by atoms with Gasteiger partial charge in [-0.3, -0.25) is 4.79 Å². The van der Waals surface area contributed by atoms with E-state index in [9.17, 15) is 13.6 Å². The van der Waals surface area contributed by atoms with Gasteiger partial charge in [0.25, 0.3) is 0 Å². The van der Waals surface area contributed by atoms with Gasteiger partial charge in [0.05, 0.1) is 16.9 Å². The van der Waals surface area contributed by atoms with Gasteiger partial charge in [-0.2, -0.15) is 10.5 Å². The minimum absolute atomic E-state index is 0.0453. The Morgan fingerprint density at radius 1 is 1.22 bits per heavy atom. The van der Waals surface area contributed by atoms with E-state index in [-0.39, 0.29) is 44.9 Å². The maximum atomic E-state index is 13.0. The number of nitrogens with one attached hydrogen (secondary N) is 1. The van der Waals surface area contributed by atoms with Crippen LogP contribution in [-0.4, -0.2) is 22.9 Å². The highest BCUT2D eigenvalue weighted by atomic mass is 32.2. The maximum Gasteiger partial charge on any atom is 0.586 e. The first-order valence-electron chi connectivity index (χ1n) is 7.24. The number of thioether (sulfide) groups is 1. The van der Waals surface area contributed by atoms with Crippen molar-refractivity contribution in [2.24, 2.45) is 0 Å². The molecule has 1 aromatic heterocycles. The lowest BCUT2D eigenvalue weighted by Gasteiger charge is -2.07. The molecule has 0 aliphatic carbocycles. The van der Waals surface area contributed by atoms with Crippen LogP contribution < -0.4 is 20.5 Å². The molecule has 0 atom stereocenters. The highest BCUT2D eigenvalue weighted by molar-refractivity contribution is 8.00. The minimum atomic E-state index is -3.74. The van der Waals surface area contributed by atoms with Gasteiger partial charge in [-0.05, 0) is 18.2 Å². The Kier molecular flexibility index (Phi) is 4.71. The fourth-order valence-corrected chi connectivity index (χ4v) is 2.91. The van der Waals surface area contributed by atoms with Gasteiger partial charge >= 0.3 is 6.29 Å². The molecule has 0 radical (unpaired) electrons. The summed E-state index contributed by atoms with van der Waals surface area (Å²) in [5.74, 6) is -0.977. The van der Waals surface area contributed by atoms with Crippen molar-refractivity contribution in [2.75, 3.05) is 16.8 Å². The topological polar surface area (TPSA) is 134 Å². The second-order valence-electron chi connectivity index (χ2n) is 5.16. The minimum Gasteiger partial charge on any atom is -0.395 e. The Labute approximate surface area is 155 Å². The van der Waals surface area contributed by atoms with Gasteiger partial charge in [-0.15, -0.1) is 8.78 Å². The molecule has 1 aliphatic rings. The maximum absolute atomic E-state index is 13.0. The molecule has 0 fully saturated rings. The summed E-state index contributed by atoms with van der Waals surface area (Å²) < 4.78 is 34.6. The molecule has 3 rings (SSSR count). The van der Waals surface area contributed by atoms with E-state index in [2.05, 4.69) is 19.8 Å². The second kappa shape index (κ2) is 6.97. The smallest absolute Gasteiger partial charge is 0.395 e. The molecule has 27 heavy (non-hydrogen) atoms. The van der Waals surface area contributed by atoms with Gasteiger partial charge < -0.3 is 20.5 Å². The SMILES string of the molecule is N#Cc1cc(C#N)c(SCC(=O)Nc2ccc3c(c2)OC(F)(F)O3)nc1N. The zero-order chi connectivity index (χ0) is 19.6. The average Bonchev–Trinajstić information content (AvgIpc) is 2.93. The summed E-state index contributed by atoms with van der Waals surface area (Å²) in [6.45, 7) is 0. The summed E-state index contributed by atoms with van der Waals surface area (Å²) in [6.07, 6.45) is -3.74. The van der Waals surface area contributed by atoms with Crippen molar-refractivity contribution in [3.05, 3.63) is 35.4 Å². The van der Waals surface area contributed by atoms with E-state index in [0.717, 1.165) is 11.8 Å². The monoisotopic (exact) mass is 389 g/mol. The fraction of sp³-hybridized carbons (Fsp3) is 0.125. The number of anilines is 2. The summed E-state index contributed by atoms with van der Waals surface area (Å²) in [7, 11) is 0. The Balaban J connectivity index is 1.66. The molecule has 1 amide bonds. The largest absolute Gasteiger partial charge is 0.586 e. The third-order valence-corrected chi connectivity index (χ3v) is 4.27. The molecule has 1 aromatic carbocycles. The predicted molar refractivity (Wildman–Crippen MR) is 90.1 cm³/mol. The number of aromatic nitrogens is 1. The van der Waals surface area contributed by atoms with Gasteiger partial charge in [0.15, 0.2) is 11.5 Å². The molecule has 8 nitrogen and oxygen atoms in total. The average molecular weight is 389 g/mol. The van der Waals surface area contributed by atoms with Gasteiger partial charge in [0.1, 0.15) is 23.0 Å². The Morgan fingerprint density at radius 3 is 2.63 bits per heavy atom. The summed E-state index contributed by atoms with van der Waals surface area (Å²) in [5.41, 5.74) is 6.03. The van der Waals surface area contributed by atoms with Crippen LogP contribution in [0.3, 0.4) is 0 Å². The van der Waals surface area contributed by atoms with Crippen molar-refractivity contribution in [2.45, 2.75) is 11.3 Å². The van der Waals surface area contributed by atoms with Crippen LogP contribution in [0.25, 0.3) is 0 Å². The van der Waals surface area contributed by atoms with Crippen LogP contribution in [-0.2, 0) is 4.79 Å². The van der Waals surface area contributed by atoms with Crippen molar-refractivity contribution >= 4 is 29.2 Å². The number of alkyl halides is 2. The van der Waals surface area contributed by atoms with Crippen molar-refractivity contribution < 1.29 is 23.0 Å². The Morgan fingerprint density at radius 2 is 1.93 bits per heavy atom. The van der Waals surface area contributed by atoms with Crippen LogP contribution in [0, 0.1) is 22.7 Å². The quantitative estimate of drug-likeness (QED) is 0.762. The third-order valence-electron chi connectivity index (χ3n) is 3.28. The number of carbonyl (C=O) groups excluding carboxylic acids is 1. The zero-order valence-electron chi connectivity index (χ0n) is 13.3. The van der Waals surface area contributed by atoms with Crippen LogP contribution in [0.2, 0.25) is 0 Å². The number of nitrogen functional groups attached to an aromatic ring is 1. The molecule has 1 aliphatic heterocycles. The molecule has 11 heteroatoms. The molecule has 2 heterocycles. The highest BCUT2D eigenvalue weighted by Crippen LogP contribution is 2.42. The number of nitriles is 2. The zero-order valence-corrected chi connectivity index (χ0v) is 14.1. The van der Waals surface area contributed by atoms with Gasteiger partial charge in [0, 0.05) is 11.8 Å². The van der Waals surface area contributed by atoms with E-state index >= 15 is 0 Å². The van der Waals surface area contributed by atoms with E-state index in [4.69, 9.17) is 16.3 Å². The number of benzene rings is 1. The molecule has 0 saturated carbocycles. The molecular weight excluding hydrogens is 380 g/mol. The molecule has 0 bridgehead atoms. The summed E-state index contributed by atoms with van der Waals surface area (Å²) in [6, 6.07) is 8.83. The number of ether oxygens (including phenoxy) is 2. The van der Waals surface area contributed by atoms with Crippen LogP contribution in [0.4, 0.5) is 20.3 Å². The van der Waals surface area contributed by atoms with E-state index in [1.807, 2.05) is 12.1 Å². The van der Waals surface area contributed by atoms with Gasteiger partial charge in [-0.1, -0.05) is 11.8 Å². The lowest BCUT2D eigenvalue weighted by molar-refractivity contribution is -0.286. The lowest BCUT2D eigenvalue weighted by atomic mass is 10.2. The molecule has 0 spiro atoms. The second-order valence-corrected chi connectivity index (χ2v) is 6.13. The molecule has 0 unspecified atom stereocenters. The number of nitrogens with two attached hydrogens (primary N) is 1. The van der Waals surface area contributed by atoms with Crippen LogP contribution in [0.15, 0.2) is 29.3 Å². The van der Waals surface area contributed by atoms with Gasteiger partial charge in [-0.25, -0.2) is 4.98 Å². The summed E-state index contributed by atoms with van der Waals surface area (Å²) in [4.78, 5) is 16.0. The number of halogens is 2. The third kappa shape index (κ3) is 3.99. The Bertz CT molecular complexity index is 1020. The van der Waals surface area contributed by atoms with E-state index in [1.165, 1.54) is 24.3 Å². The molecule has 3 N–H and O–H groups in total. The highest BCUT2D eigenvalue weighted by Gasteiger charge is 2.43. The molecular formula is C16H9F2N5O3S. The fourth-order valence-electron chi connectivity index (χ4n) is 2.15. The Hall–Kier alpha value is -3.57. The lowest BCUT2D eigenvalue weighted by Crippen LogP contribution is -2.25. The summed E-state index contributed by atoms with van der Waals surface area (Å²) in [5, 5.41) is 20.7. The van der Waals surface area contributed by atoms with Crippen LogP contribution in [0.5, 0.6) is 11.5 Å². The standard InChI is InChI=1S/C16H9F2N5O3S/c17-16(18)25-11-2-1-10(4-12(11)26-16)22-13(24)7-27-15-9(6-20)3-8(5-19)14(21)23-15/h1-4H,7H2,(H2,21,23)(H,22,24). The molecule has 0 saturated heterocycles.